The number of carbonyl (C=O) groups is 1. The second kappa shape index (κ2) is 4.72. The van der Waals surface area contributed by atoms with Crippen molar-refractivity contribution in [2.75, 3.05) is 18.5 Å². The first-order valence-electron chi connectivity index (χ1n) is 5.04. The number of nitrogens with one attached hydrogen (secondary N) is 1. The van der Waals surface area contributed by atoms with E-state index in [1.54, 1.807) is 6.07 Å². The quantitative estimate of drug-likeness (QED) is 0.852. The van der Waals surface area contributed by atoms with E-state index < -0.39 is 5.97 Å². The van der Waals surface area contributed by atoms with Gasteiger partial charge >= 0.3 is 5.97 Å². The van der Waals surface area contributed by atoms with Crippen LogP contribution in [0.4, 0.5) is 5.69 Å². The Kier molecular flexibility index (Phi) is 3.31. The molecule has 0 amide bonds. The summed E-state index contributed by atoms with van der Waals surface area (Å²) in [6, 6.07) is 4.92. The van der Waals surface area contributed by atoms with Gasteiger partial charge in [-0.15, -0.1) is 0 Å². The van der Waals surface area contributed by atoms with Crippen LogP contribution in [-0.2, 0) is 4.74 Å². The number of benzene rings is 1. The molecule has 1 heterocycles. The van der Waals surface area contributed by atoms with Crippen molar-refractivity contribution in [2.45, 2.75) is 12.5 Å². The molecule has 1 aromatic rings. The molecule has 1 unspecified atom stereocenters. The van der Waals surface area contributed by atoms with Gasteiger partial charge in [-0.25, -0.2) is 4.79 Å². The molecule has 2 rings (SSSR count). The van der Waals surface area contributed by atoms with Crippen molar-refractivity contribution in [3.63, 3.8) is 0 Å². The van der Waals surface area contributed by atoms with E-state index in [0.717, 1.165) is 18.7 Å². The van der Waals surface area contributed by atoms with Gasteiger partial charge in [0.15, 0.2) is 0 Å². The minimum absolute atomic E-state index is 0.193. The highest BCUT2D eigenvalue weighted by atomic mass is 35.5. The molecule has 1 aromatic carbocycles. The normalized spacial score (nSPS) is 19.7. The molecule has 86 valence electrons. The molecule has 0 saturated carbocycles. The fourth-order valence-corrected chi connectivity index (χ4v) is 1.87. The monoisotopic (exact) mass is 241 g/mol. The highest BCUT2D eigenvalue weighted by Crippen LogP contribution is 2.25. The molecule has 0 bridgehead atoms. The Hall–Kier alpha value is -1.26. The molecule has 0 aromatic heterocycles. The summed E-state index contributed by atoms with van der Waals surface area (Å²) in [6.07, 6.45) is 0.941. The fourth-order valence-electron chi connectivity index (χ4n) is 1.63. The zero-order valence-corrected chi connectivity index (χ0v) is 9.33. The minimum Gasteiger partial charge on any atom is -0.478 e. The highest BCUT2D eigenvalue weighted by molar-refractivity contribution is 6.33. The minimum atomic E-state index is -0.974. The van der Waals surface area contributed by atoms with E-state index in [1.807, 2.05) is 0 Å². The maximum atomic E-state index is 10.7. The van der Waals surface area contributed by atoms with Crippen molar-refractivity contribution in [3.05, 3.63) is 28.8 Å². The van der Waals surface area contributed by atoms with E-state index >= 15 is 0 Å². The average molecular weight is 242 g/mol. The number of hydrogen-bond donors (Lipinski definition) is 2. The van der Waals surface area contributed by atoms with Crippen LogP contribution in [0.1, 0.15) is 16.8 Å². The van der Waals surface area contributed by atoms with E-state index in [1.165, 1.54) is 12.1 Å². The van der Waals surface area contributed by atoms with Crippen LogP contribution < -0.4 is 5.32 Å². The third kappa shape index (κ3) is 2.46. The molecule has 1 atom stereocenters. The van der Waals surface area contributed by atoms with Gasteiger partial charge in [0.25, 0.3) is 0 Å². The first kappa shape index (κ1) is 11.2. The third-order valence-corrected chi connectivity index (χ3v) is 2.82. The van der Waals surface area contributed by atoms with Gasteiger partial charge in [0.2, 0.25) is 0 Å². The predicted molar refractivity (Wildman–Crippen MR) is 61.3 cm³/mol. The lowest BCUT2D eigenvalue weighted by Crippen LogP contribution is -2.19. The molecule has 0 radical (unpaired) electrons. The molecule has 0 spiro atoms. The predicted octanol–water partition coefficient (Wildman–Crippen LogP) is 2.24. The van der Waals surface area contributed by atoms with Crippen LogP contribution in [0.3, 0.4) is 0 Å². The third-order valence-electron chi connectivity index (χ3n) is 2.51. The van der Waals surface area contributed by atoms with Crippen molar-refractivity contribution in [1.29, 1.82) is 0 Å². The Bertz CT molecular complexity index is 402. The van der Waals surface area contributed by atoms with Gasteiger partial charge in [0.1, 0.15) is 0 Å². The van der Waals surface area contributed by atoms with Gasteiger partial charge in [0.05, 0.1) is 28.9 Å². The summed E-state index contributed by atoms with van der Waals surface area (Å²) >= 11 is 5.99. The number of carboxylic acids is 1. The first-order chi connectivity index (χ1) is 7.66. The molecule has 2 N–H and O–H groups in total. The summed E-state index contributed by atoms with van der Waals surface area (Å²) in [5.74, 6) is -0.974. The van der Waals surface area contributed by atoms with E-state index in [2.05, 4.69) is 5.32 Å². The summed E-state index contributed by atoms with van der Waals surface area (Å²) in [7, 11) is 0. The molecule has 16 heavy (non-hydrogen) atoms. The topological polar surface area (TPSA) is 58.6 Å². The van der Waals surface area contributed by atoms with Gasteiger partial charge in [-0.2, -0.15) is 0 Å². The molecule has 4 nitrogen and oxygen atoms in total. The van der Waals surface area contributed by atoms with Crippen molar-refractivity contribution in [2.24, 2.45) is 0 Å². The van der Waals surface area contributed by atoms with E-state index in [9.17, 15) is 4.79 Å². The van der Waals surface area contributed by atoms with Crippen molar-refractivity contribution in [3.8, 4) is 0 Å². The van der Waals surface area contributed by atoms with E-state index in [4.69, 9.17) is 21.4 Å². The summed E-state index contributed by atoms with van der Waals surface area (Å²) in [6.45, 7) is 1.42. The van der Waals surface area contributed by atoms with Gasteiger partial charge in [-0.1, -0.05) is 11.6 Å². The highest BCUT2D eigenvalue weighted by Gasteiger charge is 2.16. The summed E-state index contributed by atoms with van der Waals surface area (Å²) < 4.78 is 5.23. The molecule has 1 saturated heterocycles. The van der Waals surface area contributed by atoms with Crippen molar-refractivity contribution < 1.29 is 14.6 Å². The van der Waals surface area contributed by atoms with Gasteiger partial charge < -0.3 is 15.2 Å². The summed E-state index contributed by atoms with van der Waals surface area (Å²) in [5.41, 5.74) is 0.945. The van der Waals surface area contributed by atoms with Crippen molar-refractivity contribution in [1.82, 2.24) is 0 Å². The largest absolute Gasteiger partial charge is 0.478 e. The van der Waals surface area contributed by atoms with Gasteiger partial charge in [0, 0.05) is 6.61 Å². The molecule has 1 aliphatic rings. The number of rotatable bonds is 3. The molecule has 1 aliphatic heterocycles. The number of halogens is 1. The Morgan fingerprint density at radius 2 is 2.38 bits per heavy atom. The zero-order valence-electron chi connectivity index (χ0n) is 8.57. The maximum absolute atomic E-state index is 10.7. The molecular formula is C11H12ClNO3. The van der Waals surface area contributed by atoms with Crippen LogP contribution >= 0.6 is 11.6 Å². The second-order valence-corrected chi connectivity index (χ2v) is 4.11. The number of ether oxygens (including phenoxy) is 1. The zero-order chi connectivity index (χ0) is 11.5. The lowest BCUT2D eigenvalue weighted by atomic mass is 10.2. The fraction of sp³-hybridized carbons (Fsp3) is 0.364. The van der Waals surface area contributed by atoms with Crippen LogP contribution in [0.2, 0.25) is 5.02 Å². The Morgan fingerprint density at radius 1 is 1.56 bits per heavy atom. The Labute approximate surface area is 98.2 Å². The number of anilines is 1. The van der Waals surface area contributed by atoms with Crippen molar-refractivity contribution >= 4 is 23.3 Å². The van der Waals surface area contributed by atoms with E-state index in [0.29, 0.717) is 11.6 Å². The van der Waals surface area contributed by atoms with Crippen LogP contribution in [0.5, 0.6) is 0 Å². The molecule has 1 fully saturated rings. The second-order valence-electron chi connectivity index (χ2n) is 3.70. The first-order valence-corrected chi connectivity index (χ1v) is 5.42. The van der Waals surface area contributed by atoms with Crippen LogP contribution in [0.15, 0.2) is 18.2 Å². The average Bonchev–Trinajstić information content (AvgIpc) is 2.73. The van der Waals surface area contributed by atoms with E-state index in [-0.39, 0.29) is 11.6 Å². The standard InChI is InChI=1S/C11H12ClNO3/c12-9-5-7(11(14)15)1-2-10(9)13-8-3-4-16-6-8/h1-2,5,8,13H,3-4,6H2,(H,14,15). The lowest BCUT2D eigenvalue weighted by Gasteiger charge is -2.13. The molecule has 0 aliphatic carbocycles. The summed E-state index contributed by atoms with van der Waals surface area (Å²) in [5, 5.41) is 12.4. The van der Waals surface area contributed by atoms with Crippen LogP contribution in [0.25, 0.3) is 0 Å². The Morgan fingerprint density at radius 3 is 2.94 bits per heavy atom. The van der Waals surface area contributed by atoms with Gasteiger partial charge in [-0.05, 0) is 24.6 Å². The number of carboxylic acid groups (broad SMARTS) is 1. The number of aromatic carboxylic acids is 1. The maximum Gasteiger partial charge on any atom is 0.335 e. The van der Waals surface area contributed by atoms with Crippen LogP contribution in [-0.4, -0.2) is 30.3 Å². The smallest absolute Gasteiger partial charge is 0.335 e. The summed E-state index contributed by atoms with van der Waals surface area (Å²) in [4.78, 5) is 10.7. The lowest BCUT2D eigenvalue weighted by molar-refractivity contribution is 0.0697. The van der Waals surface area contributed by atoms with Crippen LogP contribution in [0, 0.1) is 0 Å². The molecule has 5 heteroatoms. The molecular weight excluding hydrogens is 230 g/mol. The SMILES string of the molecule is O=C(O)c1ccc(NC2CCOC2)c(Cl)c1. The number of hydrogen-bond acceptors (Lipinski definition) is 3. The Balaban J connectivity index is 2.12. The van der Waals surface area contributed by atoms with Gasteiger partial charge in [-0.3, -0.25) is 0 Å².